The number of hydrogen-bond acceptors (Lipinski definition) is 3. The van der Waals surface area contributed by atoms with Crippen molar-refractivity contribution in [2.45, 2.75) is 12.8 Å². The summed E-state index contributed by atoms with van der Waals surface area (Å²) in [5, 5.41) is 2.19. The highest BCUT2D eigenvalue weighted by Gasteiger charge is 2.30. The van der Waals surface area contributed by atoms with E-state index in [4.69, 9.17) is 9.97 Å². The van der Waals surface area contributed by atoms with Gasteiger partial charge in [-0.2, -0.15) is 0 Å². The van der Waals surface area contributed by atoms with Crippen molar-refractivity contribution in [3.05, 3.63) is 108 Å². The van der Waals surface area contributed by atoms with E-state index in [2.05, 4.69) is 70.0 Å². The van der Waals surface area contributed by atoms with E-state index in [1.807, 2.05) is 24.7 Å². The van der Waals surface area contributed by atoms with E-state index in [1.165, 1.54) is 44.5 Å². The molecular formula is C31H18N4. The monoisotopic (exact) mass is 446 g/mol. The van der Waals surface area contributed by atoms with Crippen LogP contribution in [0, 0.1) is 0 Å². The van der Waals surface area contributed by atoms with Crippen LogP contribution in [0.2, 0.25) is 0 Å². The van der Waals surface area contributed by atoms with Gasteiger partial charge in [0.05, 0.1) is 16.6 Å². The van der Waals surface area contributed by atoms with Crippen LogP contribution >= 0.6 is 0 Å². The average Bonchev–Trinajstić information content (AvgIpc) is 3.59. The first-order valence-electron chi connectivity index (χ1n) is 12.0. The van der Waals surface area contributed by atoms with Gasteiger partial charge < -0.3 is 0 Å². The fraction of sp³-hybridized carbons (Fsp3) is 0.0645. The zero-order valence-corrected chi connectivity index (χ0v) is 18.8. The molecule has 3 aromatic carbocycles. The molecule has 0 amide bonds. The van der Waals surface area contributed by atoms with Crippen molar-refractivity contribution in [3.63, 3.8) is 0 Å². The maximum absolute atomic E-state index is 5.27. The minimum atomic E-state index is 0.909. The Hall–Kier alpha value is -4.57. The van der Waals surface area contributed by atoms with Crippen LogP contribution in [-0.4, -0.2) is 19.4 Å². The molecule has 0 unspecified atom stereocenters. The van der Waals surface area contributed by atoms with Gasteiger partial charge in [0.2, 0.25) is 0 Å². The Bertz CT molecular complexity index is 2070. The topological polar surface area (TPSA) is 43.1 Å². The van der Waals surface area contributed by atoms with Crippen molar-refractivity contribution in [2.75, 3.05) is 0 Å². The summed E-state index contributed by atoms with van der Waals surface area (Å²) in [5.41, 5.74) is 16.3. The van der Waals surface area contributed by atoms with Gasteiger partial charge in [-0.15, -0.1) is 0 Å². The molecule has 2 aliphatic rings. The fourth-order valence-corrected chi connectivity index (χ4v) is 6.52. The molecule has 0 aliphatic heterocycles. The standard InChI is InChI=1S/C31H18N4/c1-2-5-20-17(4-1)14-18-7-8-19-15-23-21(28(19)27(18)20)9-10-26-29(23)34-31-30-22(6-3-12-33-30)24-16-32-13-11-25(24)35(26)31/h1-13,16H,14-15H2. The summed E-state index contributed by atoms with van der Waals surface area (Å²) in [6, 6.07) is 24.3. The predicted octanol–water partition coefficient (Wildman–Crippen LogP) is 6.73. The molecule has 0 atom stereocenters. The van der Waals surface area contributed by atoms with Crippen molar-refractivity contribution in [1.82, 2.24) is 19.4 Å². The van der Waals surface area contributed by atoms with E-state index in [0.717, 1.165) is 51.3 Å². The lowest BCUT2D eigenvalue weighted by Crippen LogP contribution is -1.93. The lowest BCUT2D eigenvalue weighted by atomic mass is 9.94. The molecule has 4 heterocycles. The van der Waals surface area contributed by atoms with Crippen LogP contribution in [-0.2, 0) is 12.8 Å². The van der Waals surface area contributed by atoms with Gasteiger partial charge in [0.25, 0.3) is 0 Å². The molecule has 0 fully saturated rings. The summed E-state index contributed by atoms with van der Waals surface area (Å²) in [5.74, 6) is 0. The van der Waals surface area contributed by atoms with Crippen LogP contribution in [0.5, 0.6) is 0 Å². The molecule has 4 aromatic heterocycles. The second kappa shape index (κ2) is 6.10. The maximum atomic E-state index is 5.27. The van der Waals surface area contributed by atoms with Crippen molar-refractivity contribution in [2.24, 2.45) is 0 Å². The molecular weight excluding hydrogens is 428 g/mol. The summed E-state index contributed by atoms with van der Waals surface area (Å²) >= 11 is 0. The first kappa shape index (κ1) is 17.8. The number of pyridine rings is 3. The highest BCUT2D eigenvalue weighted by Crippen LogP contribution is 2.50. The third-order valence-electron chi connectivity index (χ3n) is 7.96. The number of hydrogen-bond donors (Lipinski definition) is 0. The molecule has 4 nitrogen and oxygen atoms in total. The van der Waals surface area contributed by atoms with Gasteiger partial charge in [-0.25, -0.2) is 4.98 Å². The van der Waals surface area contributed by atoms with E-state index >= 15 is 0 Å². The van der Waals surface area contributed by atoms with Crippen molar-refractivity contribution < 1.29 is 0 Å². The summed E-state index contributed by atoms with van der Waals surface area (Å²) in [6.07, 6.45) is 7.58. The molecule has 2 aliphatic carbocycles. The Kier molecular flexibility index (Phi) is 3.11. The number of benzene rings is 3. The molecule has 0 radical (unpaired) electrons. The summed E-state index contributed by atoms with van der Waals surface area (Å²) in [4.78, 5) is 14.4. The van der Waals surface area contributed by atoms with Crippen molar-refractivity contribution in [3.8, 4) is 22.3 Å². The third-order valence-corrected chi connectivity index (χ3v) is 7.96. The number of fused-ring (bicyclic) bond motifs is 16. The SMILES string of the molecule is c1ccc2c(c1)Cc1ccc3c(c1-2)-c1ccc2c(nc4c5ncccc5c5cnccc5n24)c1C3. The second-order valence-electron chi connectivity index (χ2n) is 9.67. The summed E-state index contributed by atoms with van der Waals surface area (Å²) in [6.45, 7) is 0. The summed E-state index contributed by atoms with van der Waals surface area (Å²) < 4.78 is 2.27. The Morgan fingerprint density at radius 3 is 2.49 bits per heavy atom. The quantitative estimate of drug-likeness (QED) is 0.243. The van der Waals surface area contributed by atoms with Crippen molar-refractivity contribution >= 4 is 38.5 Å². The Morgan fingerprint density at radius 1 is 0.629 bits per heavy atom. The fourth-order valence-electron chi connectivity index (χ4n) is 6.52. The van der Waals surface area contributed by atoms with Crippen LogP contribution in [0.4, 0.5) is 0 Å². The van der Waals surface area contributed by atoms with Gasteiger partial charge in [-0.1, -0.05) is 48.5 Å². The highest BCUT2D eigenvalue weighted by atomic mass is 15.0. The zero-order valence-electron chi connectivity index (χ0n) is 18.8. The van der Waals surface area contributed by atoms with Crippen LogP contribution < -0.4 is 0 Å². The van der Waals surface area contributed by atoms with Gasteiger partial charge in [-0.3, -0.25) is 14.4 Å². The maximum Gasteiger partial charge on any atom is 0.165 e. The minimum Gasteiger partial charge on any atom is -0.290 e. The van der Waals surface area contributed by atoms with E-state index in [0.29, 0.717) is 0 Å². The molecule has 4 heteroatoms. The van der Waals surface area contributed by atoms with Crippen LogP contribution in [0.15, 0.2) is 85.3 Å². The molecule has 35 heavy (non-hydrogen) atoms. The average molecular weight is 447 g/mol. The van der Waals surface area contributed by atoms with Crippen molar-refractivity contribution in [1.29, 1.82) is 0 Å². The number of imidazole rings is 1. The molecule has 0 bridgehead atoms. The van der Waals surface area contributed by atoms with Gasteiger partial charge in [0.15, 0.2) is 5.65 Å². The number of aromatic nitrogens is 4. The van der Waals surface area contributed by atoms with Crippen LogP contribution in [0.3, 0.4) is 0 Å². The van der Waals surface area contributed by atoms with E-state index in [9.17, 15) is 0 Å². The molecule has 9 rings (SSSR count). The van der Waals surface area contributed by atoms with E-state index in [-0.39, 0.29) is 0 Å². The molecule has 0 N–H and O–H groups in total. The van der Waals surface area contributed by atoms with Gasteiger partial charge >= 0.3 is 0 Å². The zero-order chi connectivity index (χ0) is 22.7. The third kappa shape index (κ3) is 2.11. The molecule has 0 saturated heterocycles. The van der Waals surface area contributed by atoms with Crippen LogP contribution in [0.1, 0.15) is 22.3 Å². The smallest absolute Gasteiger partial charge is 0.165 e. The Labute approximate surface area is 200 Å². The first-order valence-corrected chi connectivity index (χ1v) is 12.0. The van der Waals surface area contributed by atoms with E-state index < -0.39 is 0 Å². The van der Waals surface area contributed by atoms with Gasteiger partial charge in [0.1, 0.15) is 5.52 Å². The predicted molar refractivity (Wildman–Crippen MR) is 140 cm³/mol. The molecule has 7 aromatic rings. The van der Waals surface area contributed by atoms with Gasteiger partial charge in [-0.05, 0) is 69.1 Å². The highest BCUT2D eigenvalue weighted by molar-refractivity contribution is 6.12. The lowest BCUT2D eigenvalue weighted by molar-refractivity contribution is 1.24. The Balaban J connectivity index is 1.42. The first-order chi connectivity index (χ1) is 17.4. The van der Waals surface area contributed by atoms with Gasteiger partial charge in [0, 0.05) is 35.8 Å². The van der Waals surface area contributed by atoms with E-state index in [1.54, 1.807) is 0 Å². The Morgan fingerprint density at radius 2 is 1.51 bits per heavy atom. The largest absolute Gasteiger partial charge is 0.290 e. The number of nitrogens with zero attached hydrogens (tertiary/aromatic N) is 4. The molecule has 162 valence electrons. The van der Waals surface area contributed by atoms with Crippen LogP contribution in [0.25, 0.3) is 60.7 Å². The summed E-state index contributed by atoms with van der Waals surface area (Å²) in [7, 11) is 0. The normalized spacial score (nSPS) is 13.5. The number of rotatable bonds is 0. The second-order valence-corrected chi connectivity index (χ2v) is 9.67. The lowest BCUT2D eigenvalue weighted by Gasteiger charge is -2.10. The molecule has 0 spiro atoms. The minimum absolute atomic E-state index is 0.909. The molecule has 0 saturated carbocycles.